The van der Waals surface area contributed by atoms with Crippen LogP contribution in [0.1, 0.15) is 287 Å². The van der Waals surface area contributed by atoms with Gasteiger partial charge in [0.2, 0.25) is 0 Å². The van der Waals surface area contributed by atoms with Gasteiger partial charge in [0.25, 0.3) is 12.9 Å². The van der Waals surface area contributed by atoms with Crippen molar-refractivity contribution in [3.8, 4) is 0 Å². The molecule has 372 valence electrons. The molecular weight excluding hydrogens is 771 g/mol. The molecule has 0 fully saturated rings. The molecule has 0 heterocycles. The van der Waals surface area contributed by atoms with Gasteiger partial charge in [-0.25, -0.2) is 0 Å². The zero-order chi connectivity index (χ0) is 46.4. The Bertz CT molecular complexity index is 780. The molecule has 0 saturated heterocycles. The molecule has 0 atom stereocenters. The average molecular weight is 882 g/mol. The molecule has 0 N–H and O–H groups in total. The van der Waals surface area contributed by atoms with Crippen molar-refractivity contribution >= 4 is 18.9 Å². The number of unbranched alkanes of at least 4 members (excludes halogenated alkanes) is 20. The fraction of sp³-hybridized carbons (Fsp3) is 0.945. The summed E-state index contributed by atoms with van der Waals surface area (Å²) >= 11 is 0. The van der Waals surface area contributed by atoms with E-state index in [-0.39, 0.29) is 12.1 Å². The normalized spacial score (nSPS) is 11.1. The van der Waals surface area contributed by atoms with E-state index < -0.39 is 0 Å². The number of carbonyl (C=O) groups excluding carboxylic acids is 3. The van der Waals surface area contributed by atoms with Gasteiger partial charge < -0.3 is 19.1 Å². The highest BCUT2D eigenvalue weighted by atomic mass is 16.5. The molecule has 7 heteroatoms. The third-order valence-electron chi connectivity index (χ3n) is 12.6. The summed E-state index contributed by atoms with van der Waals surface area (Å²) in [4.78, 5) is 34.9. The molecule has 0 bridgehead atoms. The van der Waals surface area contributed by atoms with Gasteiger partial charge in [0.1, 0.15) is 6.10 Å². The Morgan fingerprint density at radius 1 is 0.403 bits per heavy atom. The molecule has 0 saturated carbocycles. The lowest BCUT2D eigenvalue weighted by atomic mass is 9.92. The molecule has 0 aromatic carbocycles. The number of carbonyl (C=O) groups is 3. The van der Waals surface area contributed by atoms with Crippen LogP contribution in [-0.2, 0) is 28.6 Å². The predicted octanol–water partition coefficient (Wildman–Crippen LogP) is 17.0. The van der Waals surface area contributed by atoms with Gasteiger partial charge in [0.15, 0.2) is 0 Å². The minimum Gasteiger partial charge on any atom is -0.468 e. The first kappa shape index (κ1) is 64.7. The second-order valence-corrected chi connectivity index (χ2v) is 18.3. The summed E-state index contributed by atoms with van der Waals surface area (Å²) in [6.45, 7) is 23.3. The monoisotopic (exact) mass is 882 g/mol. The fourth-order valence-electron chi connectivity index (χ4n) is 8.32. The maximum Gasteiger partial charge on any atom is 0.306 e. The molecule has 0 aromatic heterocycles. The highest BCUT2D eigenvalue weighted by Gasteiger charge is 2.15. The van der Waals surface area contributed by atoms with E-state index >= 15 is 0 Å². The van der Waals surface area contributed by atoms with Crippen molar-refractivity contribution in [3.63, 3.8) is 0 Å². The quantitative estimate of drug-likeness (QED) is 0.0261. The van der Waals surface area contributed by atoms with E-state index in [0.29, 0.717) is 32.6 Å². The van der Waals surface area contributed by atoms with Gasteiger partial charge in [-0.05, 0) is 76.4 Å². The molecule has 0 aliphatic carbocycles. The number of ether oxygens (including phenoxy) is 3. The van der Waals surface area contributed by atoms with E-state index in [1.165, 1.54) is 193 Å². The van der Waals surface area contributed by atoms with E-state index in [1.54, 1.807) is 0 Å². The smallest absolute Gasteiger partial charge is 0.306 e. The van der Waals surface area contributed by atoms with Crippen molar-refractivity contribution in [2.75, 3.05) is 32.8 Å². The highest BCUT2D eigenvalue weighted by Crippen LogP contribution is 2.22. The van der Waals surface area contributed by atoms with Crippen molar-refractivity contribution < 1.29 is 28.6 Å². The molecule has 0 unspecified atom stereocenters. The zero-order valence-electron chi connectivity index (χ0n) is 43.3. The van der Waals surface area contributed by atoms with Crippen molar-refractivity contribution in [1.29, 1.82) is 0 Å². The van der Waals surface area contributed by atoms with Gasteiger partial charge >= 0.3 is 5.97 Å². The van der Waals surface area contributed by atoms with Crippen LogP contribution in [0.3, 0.4) is 0 Å². The molecule has 0 rings (SSSR count). The Hall–Kier alpha value is -1.63. The average Bonchev–Trinajstić information content (AvgIpc) is 3.27. The van der Waals surface area contributed by atoms with Crippen LogP contribution in [-0.4, -0.2) is 62.8 Å². The zero-order valence-corrected chi connectivity index (χ0v) is 43.3. The summed E-state index contributed by atoms with van der Waals surface area (Å²) in [5.74, 6) is 1.55. The number of nitrogens with zero attached hydrogens (tertiary/aromatic N) is 1. The van der Waals surface area contributed by atoms with Crippen molar-refractivity contribution in [3.05, 3.63) is 0 Å². The van der Waals surface area contributed by atoms with Crippen LogP contribution >= 0.6 is 0 Å². The fourth-order valence-corrected chi connectivity index (χ4v) is 8.32. The predicted molar refractivity (Wildman–Crippen MR) is 269 cm³/mol. The molecule has 0 radical (unpaired) electrons. The summed E-state index contributed by atoms with van der Waals surface area (Å²) in [7, 11) is 0. The van der Waals surface area contributed by atoms with E-state index in [0.717, 1.165) is 63.6 Å². The standard InChI is InChI=1S/C27H55NO2.2C14H28O2/c1-5-9-11-13-15-17-19-22-26(23-20-18-16-14-12-10-6-2)30-27(29)24-21-25-28(7-3)8-4;2*1-3-5-7-9-14(10-8-6-4-2)11-12-16-13-15/h26H,5-25H2,1-4H3;2*13-14H,3-12H2,1-2H3. The van der Waals surface area contributed by atoms with Gasteiger partial charge in [-0.15, -0.1) is 0 Å². The van der Waals surface area contributed by atoms with Gasteiger partial charge in [-0.2, -0.15) is 0 Å². The second-order valence-electron chi connectivity index (χ2n) is 18.3. The SMILES string of the molecule is CCCCCC(CCCCC)CCOC=O.CCCCCC(CCCCC)CCOC=O.CCCCCCCCCC(CCCCCCCCC)OC(=O)CCCN(CC)CC. The lowest BCUT2D eigenvalue weighted by Gasteiger charge is -2.20. The summed E-state index contributed by atoms with van der Waals surface area (Å²) in [5, 5.41) is 0. The number of hydrogen-bond acceptors (Lipinski definition) is 7. The van der Waals surface area contributed by atoms with Crippen LogP contribution in [0, 0.1) is 11.8 Å². The van der Waals surface area contributed by atoms with Gasteiger partial charge in [-0.3, -0.25) is 14.4 Å². The number of hydrogen-bond donors (Lipinski definition) is 0. The number of rotatable bonds is 47. The van der Waals surface area contributed by atoms with Gasteiger partial charge in [-0.1, -0.05) is 235 Å². The minimum atomic E-state index is 0.0260. The Morgan fingerprint density at radius 3 is 1.03 bits per heavy atom. The highest BCUT2D eigenvalue weighted by molar-refractivity contribution is 5.69. The third kappa shape index (κ3) is 52.7. The first-order chi connectivity index (χ1) is 30.4. The Kier molecular flexibility index (Phi) is 59.8. The molecular formula is C55H111NO6. The van der Waals surface area contributed by atoms with Gasteiger partial charge in [0.05, 0.1) is 13.2 Å². The Morgan fingerprint density at radius 2 is 0.710 bits per heavy atom. The molecule has 0 amide bonds. The molecule has 62 heavy (non-hydrogen) atoms. The maximum absolute atomic E-state index is 12.4. The van der Waals surface area contributed by atoms with E-state index in [4.69, 9.17) is 14.2 Å². The van der Waals surface area contributed by atoms with Crippen LogP contribution in [0.25, 0.3) is 0 Å². The van der Waals surface area contributed by atoms with Crippen LogP contribution in [0.5, 0.6) is 0 Å². The summed E-state index contributed by atoms with van der Waals surface area (Å²) in [5.41, 5.74) is 0. The Labute approximate surface area is 388 Å². The van der Waals surface area contributed by atoms with Crippen molar-refractivity contribution in [2.24, 2.45) is 11.8 Å². The topological polar surface area (TPSA) is 82.1 Å². The molecule has 0 spiro atoms. The molecule has 0 aromatic rings. The van der Waals surface area contributed by atoms with Crippen LogP contribution in [0.4, 0.5) is 0 Å². The van der Waals surface area contributed by atoms with E-state index in [9.17, 15) is 14.4 Å². The molecule has 0 aliphatic rings. The summed E-state index contributed by atoms with van der Waals surface area (Å²) in [6, 6.07) is 0. The van der Waals surface area contributed by atoms with E-state index in [1.807, 2.05) is 0 Å². The summed E-state index contributed by atoms with van der Waals surface area (Å²) < 4.78 is 15.5. The van der Waals surface area contributed by atoms with Crippen LogP contribution in [0.15, 0.2) is 0 Å². The lowest BCUT2D eigenvalue weighted by Crippen LogP contribution is -2.25. The van der Waals surface area contributed by atoms with Crippen molar-refractivity contribution in [1.82, 2.24) is 4.90 Å². The molecule has 0 aliphatic heterocycles. The largest absolute Gasteiger partial charge is 0.468 e. The maximum atomic E-state index is 12.4. The third-order valence-corrected chi connectivity index (χ3v) is 12.6. The number of esters is 1. The first-order valence-electron chi connectivity index (χ1n) is 27.4. The minimum absolute atomic E-state index is 0.0260. The molecule has 7 nitrogen and oxygen atoms in total. The first-order valence-corrected chi connectivity index (χ1v) is 27.4. The van der Waals surface area contributed by atoms with Crippen molar-refractivity contribution in [2.45, 2.75) is 293 Å². The van der Waals surface area contributed by atoms with E-state index in [2.05, 4.69) is 60.3 Å². The summed E-state index contributed by atoms with van der Waals surface area (Å²) in [6.07, 6.45) is 45.3. The van der Waals surface area contributed by atoms with Gasteiger partial charge in [0, 0.05) is 6.42 Å². The van der Waals surface area contributed by atoms with Crippen LogP contribution < -0.4 is 0 Å². The van der Waals surface area contributed by atoms with Crippen LogP contribution in [0.2, 0.25) is 0 Å². The Balaban J connectivity index is -0.000000919. The second kappa shape index (κ2) is 57.4. The lowest BCUT2D eigenvalue weighted by molar-refractivity contribution is -0.150.